The van der Waals surface area contributed by atoms with E-state index in [1.807, 2.05) is 24.3 Å². The van der Waals surface area contributed by atoms with Crippen LogP contribution in [-0.2, 0) is 31.9 Å². The fraction of sp³-hybridized carbons (Fsp3) is 0.294. The molecule has 27 heavy (non-hydrogen) atoms. The zero-order valence-electron chi connectivity index (χ0n) is 15.2. The van der Waals surface area contributed by atoms with Crippen LogP contribution in [0.3, 0.4) is 0 Å². The van der Waals surface area contributed by atoms with Gasteiger partial charge in [-0.3, -0.25) is 29.6 Å². The second-order valence-electron chi connectivity index (χ2n) is 5.95. The minimum atomic E-state index is -0.470. The summed E-state index contributed by atoms with van der Waals surface area (Å²) >= 11 is 0. The minimum absolute atomic E-state index is 0.244. The number of rotatable bonds is 7. The maximum atomic E-state index is 12.7. The van der Waals surface area contributed by atoms with Gasteiger partial charge in [-0.05, 0) is 24.1 Å². The standard InChI is InChI=1S/C17H20N6O4/c1-21-14-13(15(25)22(2)17(21)26)23(16(19-14)20-18-10-24)9-8-11-4-6-12(27-3)7-5-11/h4-7,10H,8-9H2,1-3H3,(H,18,24)(H,19,20). The van der Waals surface area contributed by atoms with E-state index in [1.54, 1.807) is 18.7 Å². The van der Waals surface area contributed by atoms with Gasteiger partial charge in [0.15, 0.2) is 11.2 Å². The van der Waals surface area contributed by atoms with Crippen molar-refractivity contribution in [1.82, 2.24) is 24.1 Å². The molecule has 0 spiro atoms. The topological polar surface area (TPSA) is 112 Å². The van der Waals surface area contributed by atoms with Crippen molar-refractivity contribution in [2.45, 2.75) is 13.0 Å². The molecule has 10 heteroatoms. The predicted molar refractivity (Wildman–Crippen MR) is 99.7 cm³/mol. The smallest absolute Gasteiger partial charge is 0.332 e. The third kappa shape index (κ3) is 3.28. The zero-order chi connectivity index (χ0) is 19.6. The van der Waals surface area contributed by atoms with E-state index in [1.165, 1.54) is 11.6 Å². The average Bonchev–Trinajstić information content (AvgIpc) is 3.06. The van der Waals surface area contributed by atoms with Crippen molar-refractivity contribution in [3.05, 3.63) is 50.7 Å². The summed E-state index contributed by atoms with van der Waals surface area (Å²) in [6, 6.07) is 7.58. The highest BCUT2D eigenvalue weighted by atomic mass is 16.5. The van der Waals surface area contributed by atoms with Gasteiger partial charge >= 0.3 is 5.69 Å². The molecule has 10 nitrogen and oxygen atoms in total. The molecule has 0 radical (unpaired) electrons. The van der Waals surface area contributed by atoms with E-state index in [0.29, 0.717) is 19.4 Å². The molecule has 0 aliphatic carbocycles. The summed E-state index contributed by atoms with van der Waals surface area (Å²) in [7, 11) is 4.56. The molecule has 1 amide bonds. The summed E-state index contributed by atoms with van der Waals surface area (Å²) in [5.74, 6) is 1.03. The average molecular weight is 372 g/mol. The van der Waals surface area contributed by atoms with Gasteiger partial charge in [-0.25, -0.2) is 4.79 Å². The molecule has 0 fully saturated rings. The second-order valence-corrected chi connectivity index (χ2v) is 5.95. The third-order valence-electron chi connectivity index (χ3n) is 4.37. The van der Waals surface area contributed by atoms with Gasteiger partial charge < -0.3 is 9.30 Å². The number of carbonyl (C=O) groups is 1. The Morgan fingerprint density at radius 3 is 2.48 bits per heavy atom. The number of hydrogen-bond acceptors (Lipinski definition) is 6. The van der Waals surface area contributed by atoms with Gasteiger partial charge in [0.2, 0.25) is 12.4 Å². The molecule has 0 unspecified atom stereocenters. The molecular weight excluding hydrogens is 352 g/mol. The van der Waals surface area contributed by atoms with E-state index >= 15 is 0 Å². The molecule has 2 aromatic heterocycles. The van der Waals surface area contributed by atoms with Crippen LogP contribution in [-0.4, -0.2) is 32.2 Å². The second kappa shape index (κ2) is 7.36. The minimum Gasteiger partial charge on any atom is -0.497 e. The number of anilines is 1. The van der Waals surface area contributed by atoms with Crippen molar-refractivity contribution < 1.29 is 9.53 Å². The first-order valence-electron chi connectivity index (χ1n) is 8.22. The van der Waals surface area contributed by atoms with Crippen molar-refractivity contribution in [2.75, 3.05) is 12.5 Å². The summed E-state index contributed by atoms with van der Waals surface area (Å²) in [5.41, 5.74) is 5.61. The van der Waals surface area contributed by atoms with Gasteiger partial charge in [0.05, 0.1) is 7.11 Å². The van der Waals surface area contributed by atoms with Crippen LogP contribution in [0.5, 0.6) is 5.75 Å². The van der Waals surface area contributed by atoms with Crippen LogP contribution in [0.2, 0.25) is 0 Å². The van der Waals surface area contributed by atoms with Gasteiger partial charge in [-0.1, -0.05) is 12.1 Å². The van der Waals surface area contributed by atoms with Crippen LogP contribution in [0.4, 0.5) is 5.95 Å². The van der Waals surface area contributed by atoms with Gasteiger partial charge in [-0.2, -0.15) is 4.98 Å². The van der Waals surface area contributed by atoms with E-state index in [0.717, 1.165) is 15.9 Å². The number of aryl methyl sites for hydroxylation is 3. The Bertz CT molecular complexity index is 1090. The molecule has 0 saturated heterocycles. The monoisotopic (exact) mass is 372 g/mol. The lowest BCUT2D eigenvalue weighted by molar-refractivity contribution is -0.109. The van der Waals surface area contributed by atoms with Crippen molar-refractivity contribution >= 4 is 23.5 Å². The van der Waals surface area contributed by atoms with Gasteiger partial charge in [0.1, 0.15) is 5.75 Å². The van der Waals surface area contributed by atoms with Crippen LogP contribution < -0.4 is 26.8 Å². The number of methoxy groups -OCH3 is 1. The number of carbonyl (C=O) groups excluding carboxylic acids is 1. The Balaban J connectivity index is 2.06. The van der Waals surface area contributed by atoms with E-state index in [9.17, 15) is 14.4 Å². The largest absolute Gasteiger partial charge is 0.497 e. The Morgan fingerprint density at radius 2 is 1.85 bits per heavy atom. The number of nitrogens with zero attached hydrogens (tertiary/aromatic N) is 4. The number of benzene rings is 1. The molecule has 142 valence electrons. The lowest BCUT2D eigenvalue weighted by Crippen LogP contribution is -2.37. The Kier molecular flexibility index (Phi) is 4.97. The van der Waals surface area contributed by atoms with Gasteiger partial charge in [-0.15, -0.1) is 0 Å². The van der Waals surface area contributed by atoms with Crippen molar-refractivity contribution in [3.8, 4) is 5.75 Å². The first kappa shape index (κ1) is 18.2. The molecule has 0 aliphatic heterocycles. The Labute approximate surface area is 154 Å². The van der Waals surface area contributed by atoms with Gasteiger partial charge in [0, 0.05) is 20.6 Å². The zero-order valence-corrected chi connectivity index (χ0v) is 15.2. The number of amides is 1. The lowest BCUT2D eigenvalue weighted by Gasteiger charge is -2.10. The first-order valence-corrected chi connectivity index (χ1v) is 8.22. The highest BCUT2D eigenvalue weighted by Crippen LogP contribution is 2.17. The quantitative estimate of drug-likeness (QED) is 0.437. The molecule has 0 aliphatic rings. The number of nitrogens with one attached hydrogen (secondary N) is 2. The highest BCUT2D eigenvalue weighted by molar-refractivity contribution is 5.74. The Morgan fingerprint density at radius 1 is 1.15 bits per heavy atom. The summed E-state index contributed by atoms with van der Waals surface area (Å²) in [6.07, 6.45) is 1.07. The normalized spacial score (nSPS) is 10.8. The van der Waals surface area contributed by atoms with Gasteiger partial charge in [0.25, 0.3) is 5.56 Å². The summed E-state index contributed by atoms with van der Waals surface area (Å²) in [6.45, 7) is 0.416. The number of imidazole rings is 1. The molecular formula is C17H20N6O4. The van der Waals surface area contributed by atoms with Crippen molar-refractivity contribution in [3.63, 3.8) is 0 Å². The van der Waals surface area contributed by atoms with Crippen LogP contribution in [0, 0.1) is 0 Å². The number of aromatic nitrogens is 4. The van der Waals surface area contributed by atoms with E-state index in [-0.39, 0.29) is 17.1 Å². The third-order valence-corrected chi connectivity index (χ3v) is 4.37. The first-order chi connectivity index (χ1) is 13.0. The molecule has 2 N–H and O–H groups in total. The molecule has 2 heterocycles. The lowest BCUT2D eigenvalue weighted by atomic mass is 10.1. The van der Waals surface area contributed by atoms with Crippen LogP contribution in [0.25, 0.3) is 11.2 Å². The van der Waals surface area contributed by atoms with Crippen molar-refractivity contribution in [2.24, 2.45) is 14.1 Å². The van der Waals surface area contributed by atoms with E-state index < -0.39 is 11.2 Å². The summed E-state index contributed by atoms with van der Waals surface area (Å²) in [5, 5.41) is 0. The summed E-state index contributed by atoms with van der Waals surface area (Å²) < 4.78 is 9.13. The fourth-order valence-electron chi connectivity index (χ4n) is 2.89. The molecule has 0 atom stereocenters. The SMILES string of the molecule is COc1ccc(CCn2c(NNC=O)nc3c2c(=O)n(C)c(=O)n3C)cc1. The molecule has 1 aromatic carbocycles. The van der Waals surface area contributed by atoms with Crippen molar-refractivity contribution in [1.29, 1.82) is 0 Å². The molecule has 3 rings (SSSR count). The number of hydrogen-bond donors (Lipinski definition) is 2. The highest BCUT2D eigenvalue weighted by Gasteiger charge is 2.19. The fourth-order valence-corrected chi connectivity index (χ4v) is 2.89. The number of ether oxygens (including phenoxy) is 1. The van der Waals surface area contributed by atoms with Crippen LogP contribution >= 0.6 is 0 Å². The maximum Gasteiger partial charge on any atom is 0.332 e. The van der Waals surface area contributed by atoms with E-state index in [2.05, 4.69) is 15.8 Å². The molecule has 0 saturated carbocycles. The van der Waals surface area contributed by atoms with E-state index in [4.69, 9.17) is 4.74 Å². The number of hydrazine groups is 1. The maximum absolute atomic E-state index is 12.7. The van der Waals surface area contributed by atoms with Crippen LogP contribution in [0.1, 0.15) is 5.56 Å². The van der Waals surface area contributed by atoms with Crippen LogP contribution in [0.15, 0.2) is 33.9 Å². The molecule has 0 bridgehead atoms. The summed E-state index contributed by atoms with van der Waals surface area (Å²) in [4.78, 5) is 39.8. The Hall–Kier alpha value is -3.56. The number of fused-ring (bicyclic) bond motifs is 1. The molecule has 3 aromatic rings. The predicted octanol–water partition coefficient (Wildman–Crippen LogP) is -0.242.